The Bertz CT molecular complexity index is 779. The summed E-state index contributed by atoms with van der Waals surface area (Å²) < 4.78 is 176. The topological polar surface area (TPSA) is 12.5 Å². The largest absolute Gasteiger partial charge is 0.491 e. The van der Waals surface area contributed by atoms with E-state index in [2.05, 4.69) is 4.74 Å². The van der Waals surface area contributed by atoms with Gasteiger partial charge in [-0.15, -0.1) is 0 Å². The predicted molar refractivity (Wildman–Crippen MR) is 78.3 cm³/mol. The first-order chi connectivity index (χ1) is 13.3. The number of fused-ring (bicyclic) bond motifs is 1. The summed E-state index contributed by atoms with van der Waals surface area (Å²) in [5, 5.41) is 0. The van der Waals surface area contributed by atoms with Gasteiger partial charge in [-0.3, -0.25) is 0 Å². The molecule has 30 heavy (non-hydrogen) atoms. The van der Waals surface area contributed by atoms with E-state index in [1.807, 2.05) is 0 Å². The van der Waals surface area contributed by atoms with E-state index >= 15 is 0 Å². The summed E-state index contributed by atoms with van der Waals surface area (Å²) in [5.74, 6) is -41.0. The molecule has 0 fully saturated rings. The molecule has 0 saturated carbocycles. The Morgan fingerprint density at radius 3 is 1.40 bits per heavy atom. The fourth-order valence-corrected chi connectivity index (χ4v) is 3.35. The molecule has 2 aliphatic carbocycles. The van der Waals surface area contributed by atoms with E-state index in [9.17, 15) is 52.7 Å². The van der Waals surface area contributed by atoms with Crippen molar-refractivity contribution < 1.29 is 57.4 Å². The molecule has 0 heterocycles. The second kappa shape index (κ2) is 6.62. The Morgan fingerprint density at radius 2 is 1.00 bits per heavy atom. The van der Waals surface area contributed by atoms with Crippen LogP contribution in [0.15, 0.2) is 22.6 Å². The van der Waals surface area contributed by atoms with E-state index in [0.717, 1.165) is 20.8 Å². The van der Waals surface area contributed by atoms with E-state index < -0.39 is 77.8 Å². The number of nitrogens with zero attached hydrogens (tertiary/aromatic N) is 1. The molecule has 2 nitrogen and oxygen atoms in total. The fraction of sp³-hybridized carbons (Fsp3) is 0.750. The van der Waals surface area contributed by atoms with Gasteiger partial charge in [-0.1, -0.05) is 0 Å². The lowest BCUT2D eigenvalue weighted by molar-refractivity contribution is -0.323. The number of hydrogen-bond acceptors (Lipinski definition) is 2. The molecule has 0 aromatic rings. The summed E-state index contributed by atoms with van der Waals surface area (Å²) in [7, 11) is 0. The third-order valence-corrected chi connectivity index (χ3v) is 4.87. The summed E-state index contributed by atoms with van der Waals surface area (Å²) >= 11 is 0. The highest BCUT2D eigenvalue weighted by atomic mass is 19.4. The standard InChI is InChI=1S/C16H15F12NO/c1-4-29(5-2)9-7-8(12(19,20)15(25,26)13(9,21)22)10(30-6-3)14(23,24)16(27,28)11(7,17)18/h4-6H2,1-3H3. The highest BCUT2D eigenvalue weighted by molar-refractivity contribution is 5.59. The van der Waals surface area contributed by atoms with Crippen molar-refractivity contribution in [2.24, 2.45) is 0 Å². The van der Waals surface area contributed by atoms with Crippen LogP contribution in [0.3, 0.4) is 0 Å². The molecule has 0 N–H and O–H groups in total. The summed E-state index contributed by atoms with van der Waals surface area (Å²) in [4.78, 5) is 0.00943. The van der Waals surface area contributed by atoms with Crippen LogP contribution < -0.4 is 0 Å². The average molecular weight is 465 g/mol. The molecular weight excluding hydrogens is 450 g/mol. The zero-order valence-electron chi connectivity index (χ0n) is 15.5. The predicted octanol–water partition coefficient (Wildman–Crippen LogP) is 5.71. The first-order valence-corrected chi connectivity index (χ1v) is 8.49. The van der Waals surface area contributed by atoms with E-state index in [0.29, 0.717) is 0 Å². The Morgan fingerprint density at radius 1 is 0.600 bits per heavy atom. The third kappa shape index (κ3) is 2.53. The van der Waals surface area contributed by atoms with Crippen molar-refractivity contribution in [2.75, 3.05) is 19.7 Å². The Kier molecular flexibility index (Phi) is 5.41. The van der Waals surface area contributed by atoms with Crippen LogP contribution in [0.4, 0.5) is 52.7 Å². The van der Waals surface area contributed by atoms with Crippen LogP contribution in [0, 0.1) is 0 Å². The van der Waals surface area contributed by atoms with Crippen LogP contribution in [0.2, 0.25) is 0 Å². The molecule has 0 unspecified atom stereocenters. The lowest BCUT2D eigenvalue weighted by atomic mass is 9.72. The quantitative estimate of drug-likeness (QED) is 0.483. The molecule has 0 aliphatic heterocycles. The van der Waals surface area contributed by atoms with Crippen molar-refractivity contribution in [3.8, 4) is 0 Å². The SMILES string of the molecule is CCOC1=C2C(=C(N(CC)CC)C(F)(F)C(F)(F)C2(F)F)C(F)(F)C(F)(F)C1(F)F. The van der Waals surface area contributed by atoms with Crippen molar-refractivity contribution in [3.05, 3.63) is 22.6 Å². The number of halogens is 12. The van der Waals surface area contributed by atoms with Crippen LogP contribution in [0.1, 0.15) is 20.8 Å². The fourth-order valence-electron chi connectivity index (χ4n) is 3.35. The number of rotatable bonds is 5. The lowest BCUT2D eigenvalue weighted by Gasteiger charge is -2.50. The van der Waals surface area contributed by atoms with Crippen LogP contribution in [-0.2, 0) is 4.74 Å². The molecule has 14 heteroatoms. The molecule has 0 spiro atoms. The zero-order chi connectivity index (χ0) is 23.7. The molecule has 0 aromatic heterocycles. The third-order valence-electron chi connectivity index (χ3n) is 4.87. The van der Waals surface area contributed by atoms with Gasteiger partial charge in [0.05, 0.1) is 17.8 Å². The van der Waals surface area contributed by atoms with Crippen LogP contribution >= 0.6 is 0 Å². The first kappa shape index (κ1) is 24.5. The van der Waals surface area contributed by atoms with Crippen molar-refractivity contribution in [2.45, 2.75) is 56.3 Å². The van der Waals surface area contributed by atoms with Gasteiger partial charge in [0, 0.05) is 13.1 Å². The van der Waals surface area contributed by atoms with Gasteiger partial charge in [-0.25, -0.2) is 0 Å². The van der Waals surface area contributed by atoms with Gasteiger partial charge >= 0.3 is 35.5 Å². The Balaban J connectivity index is 3.27. The van der Waals surface area contributed by atoms with Crippen LogP contribution in [0.5, 0.6) is 0 Å². The Labute approximate surface area is 162 Å². The van der Waals surface area contributed by atoms with Crippen LogP contribution in [0.25, 0.3) is 0 Å². The lowest BCUT2D eigenvalue weighted by Crippen LogP contribution is -2.69. The molecule has 0 amide bonds. The van der Waals surface area contributed by atoms with Crippen molar-refractivity contribution in [3.63, 3.8) is 0 Å². The molecule has 2 aliphatic rings. The van der Waals surface area contributed by atoms with Crippen molar-refractivity contribution in [1.29, 1.82) is 0 Å². The van der Waals surface area contributed by atoms with Gasteiger partial charge in [0.2, 0.25) is 0 Å². The zero-order valence-corrected chi connectivity index (χ0v) is 15.5. The van der Waals surface area contributed by atoms with Crippen molar-refractivity contribution in [1.82, 2.24) is 4.90 Å². The summed E-state index contributed by atoms with van der Waals surface area (Å²) in [6.45, 7) is 0.0137. The van der Waals surface area contributed by atoms with Gasteiger partial charge in [0.1, 0.15) is 5.70 Å². The van der Waals surface area contributed by atoms with Gasteiger partial charge in [-0.05, 0) is 20.8 Å². The number of allylic oxidation sites excluding steroid dienone is 4. The molecule has 0 atom stereocenters. The number of ether oxygens (including phenoxy) is 1. The summed E-state index contributed by atoms with van der Waals surface area (Å²) in [5.41, 5.74) is -8.65. The highest BCUT2D eigenvalue weighted by Gasteiger charge is 2.88. The minimum absolute atomic E-state index is 0.00943. The van der Waals surface area contributed by atoms with E-state index in [4.69, 9.17) is 0 Å². The number of hydrogen-bond donors (Lipinski definition) is 0. The second-order valence-electron chi connectivity index (χ2n) is 6.48. The highest BCUT2D eigenvalue weighted by Crippen LogP contribution is 2.68. The van der Waals surface area contributed by atoms with Gasteiger partial charge in [0.25, 0.3) is 0 Å². The van der Waals surface area contributed by atoms with Crippen LogP contribution in [-0.4, -0.2) is 60.1 Å². The first-order valence-electron chi connectivity index (χ1n) is 8.49. The minimum Gasteiger partial charge on any atom is -0.491 e. The van der Waals surface area contributed by atoms with E-state index in [1.54, 1.807) is 0 Å². The van der Waals surface area contributed by atoms with Gasteiger partial charge in [0.15, 0.2) is 5.76 Å². The molecule has 0 bridgehead atoms. The summed E-state index contributed by atoms with van der Waals surface area (Å²) in [6.07, 6.45) is 0. The molecule has 2 rings (SSSR count). The van der Waals surface area contributed by atoms with Crippen molar-refractivity contribution >= 4 is 0 Å². The van der Waals surface area contributed by atoms with E-state index in [-0.39, 0.29) is 4.90 Å². The molecule has 0 radical (unpaired) electrons. The average Bonchev–Trinajstić information content (AvgIpc) is 2.60. The second-order valence-corrected chi connectivity index (χ2v) is 6.48. The maximum Gasteiger partial charge on any atom is 0.383 e. The van der Waals surface area contributed by atoms with E-state index in [1.165, 1.54) is 0 Å². The minimum atomic E-state index is -6.54. The molecule has 0 saturated heterocycles. The molecule has 0 aromatic carbocycles. The van der Waals surface area contributed by atoms with Gasteiger partial charge < -0.3 is 9.64 Å². The van der Waals surface area contributed by atoms with Gasteiger partial charge in [-0.2, -0.15) is 52.7 Å². The smallest absolute Gasteiger partial charge is 0.383 e. The maximum absolute atomic E-state index is 14.5. The maximum atomic E-state index is 14.5. The monoisotopic (exact) mass is 465 g/mol. The molecular formula is C16H15F12NO. The normalized spacial score (nSPS) is 27.6. The molecule has 174 valence electrons. The summed E-state index contributed by atoms with van der Waals surface area (Å²) in [6, 6.07) is 0. The number of alkyl halides is 12. The Hall–Kier alpha value is -1.76.